The van der Waals surface area contributed by atoms with Gasteiger partial charge in [0.15, 0.2) is 8.07 Å². The van der Waals surface area contributed by atoms with Gasteiger partial charge in [0, 0.05) is 54.5 Å². The summed E-state index contributed by atoms with van der Waals surface area (Å²) in [6, 6.07) is 0. The van der Waals surface area contributed by atoms with Gasteiger partial charge in [-0.05, 0) is 80.4 Å². The number of hydrogen-bond donors (Lipinski definition) is 0. The molecular formula is C42H58O9Si. The molecule has 0 unspecified atom stereocenters. The molecule has 10 heteroatoms. The first-order chi connectivity index (χ1) is 24.6. The van der Waals surface area contributed by atoms with E-state index in [0.29, 0.717) is 51.7 Å². The molecule has 0 amide bonds. The van der Waals surface area contributed by atoms with E-state index in [-0.39, 0.29) is 5.54 Å². The normalized spacial score (nSPS) is 13.4. The Kier molecular flexibility index (Phi) is 11.8. The average molecular weight is 735 g/mol. The van der Waals surface area contributed by atoms with Crippen molar-refractivity contribution in [2.75, 3.05) is 64.0 Å². The highest BCUT2D eigenvalue weighted by Crippen LogP contribution is 2.55. The van der Waals surface area contributed by atoms with Gasteiger partial charge in [0.1, 0.15) is 51.7 Å². The molecule has 0 spiro atoms. The Morgan fingerprint density at radius 1 is 0.288 bits per heavy atom. The van der Waals surface area contributed by atoms with Crippen molar-refractivity contribution >= 4 is 23.6 Å². The Morgan fingerprint density at radius 3 is 0.615 bits per heavy atom. The second-order valence-electron chi connectivity index (χ2n) is 13.5. The van der Waals surface area contributed by atoms with Gasteiger partial charge in [-0.3, -0.25) is 0 Å². The second-order valence-corrected chi connectivity index (χ2v) is 17.2. The van der Waals surface area contributed by atoms with Gasteiger partial charge in [-0.25, -0.2) is 0 Å². The van der Waals surface area contributed by atoms with Crippen molar-refractivity contribution in [1.82, 2.24) is 0 Å². The van der Waals surface area contributed by atoms with Crippen LogP contribution in [0.3, 0.4) is 0 Å². The lowest BCUT2D eigenvalue weighted by atomic mass is 10.1. The third-order valence-electron chi connectivity index (χ3n) is 11.5. The minimum Gasteiger partial charge on any atom is -0.496 e. The molecule has 284 valence electrons. The molecule has 0 N–H and O–H groups in total. The summed E-state index contributed by atoms with van der Waals surface area (Å²) in [4.78, 5) is 0. The fraction of sp³-hybridized carbons (Fsp3) is 0.476. The molecule has 0 saturated heterocycles. The highest BCUT2D eigenvalue weighted by Gasteiger charge is 2.60. The highest BCUT2D eigenvalue weighted by molar-refractivity contribution is 7.15. The first-order valence-corrected chi connectivity index (χ1v) is 19.5. The first-order valence-electron chi connectivity index (χ1n) is 17.4. The predicted octanol–water partition coefficient (Wildman–Crippen LogP) is 7.14. The molecule has 0 radical (unpaired) electrons. The van der Waals surface area contributed by atoms with Crippen molar-refractivity contribution in [2.24, 2.45) is 0 Å². The molecule has 3 aromatic rings. The number of rotatable bonds is 13. The molecule has 0 aromatic heterocycles. The summed E-state index contributed by atoms with van der Waals surface area (Å²) in [6.45, 7) is 21.0. The lowest BCUT2D eigenvalue weighted by Gasteiger charge is -2.45. The molecule has 0 aliphatic heterocycles. The van der Waals surface area contributed by atoms with Crippen LogP contribution >= 0.6 is 0 Å². The van der Waals surface area contributed by atoms with E-state index >= 15 is 0 Å². The van der Waals surface area contributed by atoms with Crippen LogP contribution in [0.1, 0.15) is 61.1 Å². The van der Waals surface area contributed by atoms with E-state index in [0.717, 1.165) is 48.9 Å². The topological polar surface area (TPSA) is 83.1 Å². The molecule has 4 rings (SSSR count). The van der Waals surface area contributed by atoms with Crippen LogP contribution in [0, 0.1) is 41.5 Å². The van der Waals surface area contributed by atoms with E-state index in [1.54, 1.807) is 64.0 Å². The van der Waals surface area contributed by atoms with E-state index in [9.17, 15) is 0 Å². The zero-order valence-corrected chi connectivity index (χ0v) is 35.8. The Bertz CT molecular complexity index is 1670. The van der Waals surface area contributed by atoms with Gasteiger partial charge in [0.25, 0.3) is 0 Å². The third kappa shape index (κ3) is 5.39. The van der Waals surface area contributed by atoms with Gasteiger partial charge < -0.3 is 42.6 Å². The van der Waals surface area contributed by atoms with Gasteiger partial charge >= 0.3 is 0 Å². The largest absolute Gasteiger partial charge is 0.496 e. The van der Waals surface area contributed by atoms with Crippen LogP contribution in [0.25, 0.3) is 0 Å². The summed E-state index contributed by atoms with van der Waals surface area (Å²) < 4.78 is 57.7. The molecule has 0 atom stereocenters. The lowest BCUT2D eigenvalue weighted by molar-refractivity contribution is 0.368. The number of ether oxygens (including phenoxy) is 9. The van der Waals surface area contributed by atoms with Crippen LogP contribution in [0.5, 0.6) is 51.7 Å². The lowest BCUT2D eigenvalue weighted by Crippen LogP contribution is -2.71. The molecule has 0 bridgehead atoms. The van der Waals surface area contributed by atoms with Gasteiger partial charge in [-0.15, -0.1) is 0 Å². The van der Waals surface area contributed by atoms with Crippen molar-refractivity contribution < 1.29 is 42.6 Å². The summed E-state index contributed by atoms with van der Waals surface area (Å²) in [5, 5.41) is 2.63. The number of hydrogen-bond acceptors (Lipinski definition) is 9. The number of allylic oxidation sites excluding steroid dienone is 4. The average Bonchev–Trinajstić information content (AvgIpc) is 3.31. The van der Waals surface area contributed by atoms with Gasteiger partial charge in [-0.1, -0.05) is 11.1 Å². The van der Waals surface area contributed by atoms with Crippen molar-refractivity contribution in [3.8, 4) is 51.7 Å². The summed E-state index contributed by atoms with van der Waals surface area (Å²) in [5.74, 6) is 5.87. The van der Waals surface area contributed by atoms with E-state index in [1.165, 1.54) is 22.3 Å². The number of benzene rings is 3. The molecular weight excluding hydrogens is 677 g/mol. The molecule has 9 nitrogen and oxygen atoms in total. The first kappa shape index (κ1) is 40.3. The number of methoxy groups -OCH3 is 9. The fourth-order valence-electron chi connectivity index (χ4n) is 9.23. The fourth-order valence-corrected chi connectivity index (χ4v) is 16.5. The maximum Gasteiger partial charge on any atom is 0.187 e. The van der Waals surface area contributed by atoms with Crippen LogP contribution in [0.4, 0.5) is 0 Å². The molecule has 3 aromatic carbocycles. The van der Waals surface area contributed by atoms with Crippen LogP contribution in [0.15, 0.2) is 22.3 Å². The van der Waals surface area contributed by atoms with Crippen LogP contribution in [0.2, 0.25) is 5.54 Å². The summed E-state index contributed by atoms with van der Waals surface area (Å²) in [5.41, 5.74) is 9.66. The second kappa shape index (κ2) is 15.3. The summed E-state index contributed by atoms with van der Waals surface area (Å²) >= 11 is 0. The zero-order chi connectivity index (χ0) is 39.1. The van der Waals surface area contributed by atoms with E-state index in [4.69, 9.17) is 42.6 Å². The third-order valence-corrected chi connectivity index (χ3v) is 17.0. The molecule has 1 aliphatic carbocycles. The van der Waals surface area contributed by atoms with Crippen LogP contribution in [-0.4, -0.2) is 72.1 Å². The monoisotopic (exact) mass is 734 g/mol. The Labute approximate surface area is 311 Å². The zero-order valence-electron chi connectivity index (χ0n) is 34.8. The van der Waals surface area contributed by atoms with E-state index < -0.39 is 8.07 Å². The minimum atomic E-state index is -3.92. The Hall–Kier alpha value is -4.44. The maximum atomic E-state index is 6.58. The molecule has 52 heavy (non-hydrogen) atoms. The molecule has 0 heterocycles. The summed E-state index contributed by atoms with van der Waals surface area (Å²) in [6.07, 6.45) is 0. The Balaban J connectivity index is 2.75. The van der Waals surface area contributed by atoms with Crippen LogP contribution < -0.4 is 58.2 Å². The van der Waals surface area contributed by atoms with Crippen molar-refractivity contribution in [3.05, 3.63) is 55.7 Å². The summed E-state index contributed by atoms with van der Waals surface area (Å²) in [7, 11) is 11.3. The van der Waals surface area contributed by atoms with Gasteiger partial charge in [0.05, 0.1) is 64.0 Å². The predicted molar refractivity (Wildman–Crippen MR) is 212 cm³/mol. The molecule has 0 saturated carbocycles. The van der Waals surface area contributed by atoms with Crippen molar-refractivity contribution in [1.29, 1.82) is 0 Å². The molecule has 0 fully saturated rings. The van der Waals surface area contributed by atoms with Crippen molar-refractivity contribution in [3.63, 3.8) is 0 Å². The SMILES string of the molecule is COc1c(C)c(OC)c([Si](c2c(OC)c(C)c(OC)c(C)c2OC)(c2c(OC)c(C)c(OC)c(C)c2OC)C2C(C)=C(C)C(C)=C2C)c(OC)c1C. The van der Waals surface area contributed by atoms with E-state index in [1.807, 2.05) is 41.5 Å². The van der Waals surface area contributed by atoms with Gasteiger partial charge in [-0.2, -0.15) is 0 Å². The Morgan fingerprint density at radius 2 is 0.462 bits per heavy atom. The standard InChI is InChI=1S/C42H58O9Si/c1-20-21(2)23(4)39(22(20)3)52(40-33(46-14)24(5)30(43-11)25(6)34(40)47-15,41-35(48-16)26(7)31(44-12)27(8)36(41)49-17)42-37(50-18)28(9)32(45-13)29(10)38(42)51-19/h39H,1-19H3. The maximum absolute atomic E-state index is 6.58. The van der Waals surface area contributed by atoms with Gasteiger partial charge in [0.2, 0.25) is 0 Å². The van der Waals surface area contributed by atoms with Crippen molar-refractivity contribution in [2.45, 2.75) is 74.8 Å². The molecule has 1 aliphatic rings. The smallest absolute Gasteiger partial charge is 0.187 e. The quantitative estimate of drug-likeness (QED) is 0.135. The highest BCUT2D eigenvalue weighted by atomic mass is 28.3. The van der Waals surface area contributed by atoms with Crippen LogP contribution in [-0.2, 0) is 0 Å². The van der Waals surface area contributed by atoms with E-state index in [2.05, 4.69) is 27.7 Å². The minimum absolute atomic E-state index is 0.229.